The summed E-state index contributed by atoms with van der Waals surface area (Å²) in [5, 5.41) is 2.89. The molecular weight excluding hydrogens is 414 g/mol. The molecule has 1 amide bonds. The number of pyridine rings is 1. The van der Waals surface area contributed by atoms with Crippen LogP contribution in [0.2, 0.25) is 0 Å². The van der Waals surface area contributed by atoms with Gasteiger partial charge in [0.25, 0.3) is 15.9 Å². The van der Waals surface area contributed by atoms with Crippen molar-refractivity contribution >= 4 is 32.5 Å². The second-order valence-electron chi connectivity index (χ2n) is 8.71. The van der Waals surface area contributed by atoms with E-state index in [1.54, 1.807) is 6.07 Å². The molecule has 2 N–H and O–H groups in total. The number of aromatic amines is 1. The molecule has 31 heavy (non-hydrogen) atoms. The Labute approximate surface area is 182 Å². The maximum Gasteiger partial charge on any atom is 0.264 e. The Balaban J connectivity index is 2.11. The lowest BCUT2D eigenvalue weighted by atomic mass is 10.1. The van der Waals surface area contributed by atoms with Gasteiger partial charge in [0.15, 0.2) is 0 Å². The van der Waals surface area contributed by atoms with Crippen molar-refractivity contribution in [2.45, 2.75) is 45.1 Å². The van der Waals surface area contributed by atoms with E-state index < -0.39 is 26.9 Å². The zero-order chi connectivity index (χ0) is 23.1. The smallest absolute Gasteiger partial charge is 0.264 e. The molecule has 0 aliphatic heterocycles. The molecule has 0 radical (unpaired) electrons. The van der Waals surface area contributed by atoms with Gasteiger partial charge in [0, 0.05) is 29.7 Å². The van der Waals surface area contributed by atoms with Crippen LogP contribution < -0.4 is 15.1 Å². The molecule has 0 spiro atoms. The first-order valence-electron chi connectivity index (χ1n) is 9.85. The van der Waals surface area contributed by atoms with Crippen LogP contribution in [0.15, 0.2) is 52.3 Å². The second kappa shape index (κ2) is 7.85. The van der Waals surface area contributed by atoms with Crippen LogP contribution in [0.1, 0.15) is 42.3 Å². The lowest BCUT2D eigenvalue weighted by molar-refractivity contribution is 0.0918. The third-order valence-corrected chi connectivity index (χ3v) is 6.72. The van der Waals surface area contributed by atoms with Crippen LogP contribution in [0, 0.1) is 13.8 Å². The number of fused-ring (bicyclic) bond motifs is 1. The molecule has 0 bridgehead atoms. The summed E-state index contributed by atoms with van der Waals surface area (Å²) < 4.78 is 27.8. The van der Waals surface area contributed by atoms with Crippen LogP contribution in [0.4, 0.5) is 5.69 Å². The van der Waals surface area contributed by atoms with E-state index in [9.17, 15) is 18.0 Å². The summed E-state index contributed by atoms with van der Waals surface area (Å²) in [6.45, 7) is 9.17. The third kappa shape index (κ3) is 4.49. The lowest BCUT2D eigenvalue weighted by Gasteiger charge is -2.22. The van der Waals surface area contributed by atoms with Gasteiger partial charge >= 0.3 is 0 Å². The molecule has 0 aliphatic rings. The first-order chi connectivity index (χ1) is 14.3. The van der Waals surface area contributed by atoms with Gasteiger partial charge in [-0.05, 0) is 70.0 Å². The standard InChI is InChI=1S/C23H27N3O4S/c1-14-7-8-15(2)20(11-14)26(6)31(29,30)16-9-10-19-17(12-16)21(27)18(13-24-19)22(28)25-23(3,4)5/h7-13H,1-6H3,(H,24,27)(H,25,28). The average Bonchev–Trinajstić information content (AvgIpc) is 2.68. The van der Waals surface area contributed by atoms with E-state index in [1.165, 1.54) is 35.7 Å². The lowest BCUT2D eigenvalue weighted by Crippen LogP contribution is -2.42. The van der Waals surface area contributed by atoms with Crippen molar-refractivity contribution in [3.63, 3.8) is 0 Å². The summed E-state index contributed by atoms with van der Waals surface area (Å²) in [5.74, 6) is -0.517. The van der Waals surface area contributed by atoms with Crippen molar-refractivity contribution in [3.8, 4) is 0 Å². The minimum absolute atomic E-state index is 0.0257. The van der Waals surface area contributed by atoms with Crippen molar-refractivity contribution in [1.82, 2.24) is 10.3 Å². The van der Waals surface area contributed by atoms with E-state index in [4.69, 9.17) is 0 Å². The molecule has 0 saturated heterocycles. The van der Waals surface area contributed by atoms with E-state index in [0.29, 0.717) is 11.2 Å². The predicted octanol–water partition coefficient (Wildman–Crippen LogP) is 3.50. The number of sulfonamides is 1. The fraction of sp³-hybridized carbons (Fsp3) is 0.304. The first-order valence-corrected chi connectivity index (χ1v) is 11.3. The Morgan fingerprint density at radius 3 is 2.39 bits per heavy atom. The van der Waals surface area contributed by atoms with Crippen molar-refractivity contribution in [1.29, 1.82) is 0 Å². The molecule has 0 aliphatic carbocycles. The van der Waals surface area contributed by atoms with Gasteiger partial charge in [-0.3, -0.25) is 13.9 Å². The van der Waals surface area contributed by atoms with Gasteiger partial charge in [-0.2, -0.15) is 0 Å². The van der Waals surface area contributed by atoms with Gasteiger partial charge in [-0.25, -0.2) is 8.42 Å². The van der Waals surface area contributed by atoms with Crippen molar-refractivity contribution in [2.75, 3.05) is 11.4 Å². The average molecular weight is 442 g/mol. The van der Waals surface area contributed by atoms with Crippen LogP contribution in [0.5, 0.6) is 0 Å². The fourth-order valence-corrected chi connectivity index (χ4v) is 4.56. The van der Waals surface area contributed by atoms with Crippen molar-refractivity contribution in [3.05, 3.63) is 69.5 Å². The number of aryl methyl sites for hydroxylation is 2. The summed E-state index contributed by atoms with van der Waals surface area (Å²) in [5.41, 5.74) is 1.65. The number of hydrogen-bond donors (Lipinski definition) is 2. The number of rotatable bonds is 4. The number of carbonyl (C=O) groups excluding carboxylic acids is 1. The molecule has 1 aromatic heterocycles. The number of benzene rings is 2. The largest absolute Gasteiger partial charge is 0.360 e. The summed E-state index contributed by atoms with van der Waals surface area (Å²) in [7, 11) is -2.44. The number of nitrogens with one attached hydrogen (secondary N) is 2. The molecule has 3 rings (SSSR count). The Hall–Kier alpha value is -3.13. The van der Waals surface area contributed by atoms with E-state index in [0.717, 1.165) is 11.1 Å². The van der Waals surface area contributed by atoms with Crippen LogP contribution in [-0.4, -0.2) is 31.9 Å². The highest BCUT2D eigenvalue weighted by molar-refractivity contribution is 7.92. The molecule has 7 nitrogen and oxygen atoms in total. The number of amides is 1. The molecule has 164 valence electrons. The number of carbonyl (C=O) groups is 1. The number of aromatic nitrogens is 1. The monoisotopic (exact) mass is 441 g/mol. The quantitative estimate of drug-likeness (QED) is 0.647. The van der Waals surface area contributed by atoms with E-state index in [-0.39, 0.29) is 15.8 Å². The van der Waals surface area contributed by atoms with Gasteiger partial charge in [0.2, 0.25) is 5.43 Å². The maximum absolute atomic E-state index is 13.3. The van der Waals surface area contributed by atoms with Gasteiger partial charge in [0.05, 0.1) is 10.6 Å². The highest BCUT2D eigenvalue weighted by Crippen LogP contribution is 2.27. The summed E-state index contributed by atoms with van der Waals surface area (Å²) >= 11 is 0. The molecular formula is C23H27N3O4S. The molecule has 3 aromatic rings. The molecule has 0 unspecified atom stereocenters. The van der Waals surface area contributed by atoms with Gasteiger partial charge < -0.3 is 10.3 Å². The minimum atomic E-state index is -3.92. The molecule has 0 saturated carbocycles. The topological polar surface area (TPSA) is 99.3 Å². The first kappa shape index (κ1) is 22.6. The van der Waals surface area contributed by atoms with Crippen molar-refractivity contribution in [2.24, 2.45) is 0 Å². The molecule has 2 aromatic carbocycles. The number of hydrogen-bond acceptors (Lipinski definition) is 4. The third-order valence-electron chi connectivity index (χ3n) is 4.95. The van der Waals surface area contributed by atoms with Gasteiger partial charge in [-0.15, -0.1) is 0 Å². The summed E-state index contributed by atoms with van der Waals surface area (Å²) in [4.78, 5) is 28.4. The molecule has 1 heterocycles. The molecule has 8 heteroatoms. The summed E-state index contributed by atoms with van der Waals surface area (Å²) in [6.07, 6.45) is 1.35. The number of H-pyrrole nitrogens is 1. The van der Waals surface area contributed by atoms with E-state index in [1.807, 2.05) is 46.8 Å². The SMILES string of the molecule is Cc1ccc(C)c(N(C)S(=O)(=O)c2ccc3[nH]cc(C(=O)NC(C)(C)C)c(=O)c3c2)c1. The van der Waals surface area contributed by atoms with Crippen LogP contribution >= 0.6 is 0 Å². The summed E-state index contributed by atoms with van der Waals surface area (Å²) in [6, 6.07) is 9.88. The zero-order valence-electron chi connectivity index (χ0n) is 18.5. The molecule has 0 atom stereocenters. The number of nitrogens with zero attached hydrogens (tertiary/aromatic N) is 1. The minimum Gasteiger partial charge on any atom is -0.360 e. The van der Waals surface area contributed by atoms with E-state index in [2.05, 4.69) is 10.3 Å². The Morgan fingerprint density at radius 1 is 1.06 bits per heavy atom. The van der Waals surface area contributed by atoms with Crippen LogP contribution in [0.3, 0.4) is 0 Å². The Kier molecular flexibility index (Phi) is 5.71. The number of anilines is 1. The van der Waals surface area contributed by atoms with Gasteiger partial charge in [-0.1, -0.05) is 12.1 Å². The second-order valence-corrected chi connectivity index (χ2v) is 10.7. The highest BCUT2D eigenvalue weighted by Gasteiger charge is 2.24. The van der Waals surface area contributed by atoms with Crippen molar-refractivity contribution < 1.29 is 13.2 Å². The highest BCUT2D eigenvalue weighted by atomic mass is 32.2. The Morgan fingerprint density at radius 2 is 1.74 bits per heavy atom. The maximum atomic E-state index is 13.3. The normalized spacial score (nSPS) is 12.1. The Bertz CT molecular complexity index is 1340. The fourth-order valence-electron chi connectivity index (χ4n) is 3.28. The zero-order valence-corrected chi connectivity index (χ0v) is 19.3. The van der Waals surface area contributed by atoms with E-state index >= 15 is 0 Å². The molecule has 0 fully saturated rings. The van der Waals surface area contributed by atoms with Gasteiger partial charge in [0.1, 0.15) is 5.56 Å². The van der Waals surface area contributed by atoms with Crippen LogP contribution in [0.25, 0.3) is 10.9 Å². The van der Waals surface area contributed by atoms with Crippen LogP contribution in [-0.2, 0) is 10.0 Å². The predicted molar refractivity (Wildman–Crippen MR) is 123 cm³/mol.